The Hall–Kier alpha value is -0.260. The van der Waals surface area contributed by atoms with Crippen LogP contribution in [0.4, 0.5) is 0 Å². The third-order valence-electron chi connectivity index (χ3n) is 3.17. The van der Waals surface area contributed by atoms with Gasteiger partial charge in [0.2, 0.25) is 5.91 Å². The summed E-state index contributed by atoms with van der Waals surface area (Å²) in [6, 6.07) is 0. The summed E-state index contributed by atoms with van der Waals surface area (Å²) in [5.74, 6) is 1.09. The van der Waals surface area contributed by atoms with E-state index in [-0.39, 0.29) is 17.2 Å². The number of hydrogen-bond acceptors (Lipinski definition) is 4. The molecule has 2 N–H and O–H groups in total. The molecule has 1 aliphatic heterocycles. The molecule has 0 saturated carbocycles. The van der Waals surface area contributed by atoms with Crippen LogP contribution in [0.1, 0.15) is 33.1 Å². The fraction of sp³-hybridized carbons (Fsp3) is 0.917. The molecule has 100 valence electrons. The van der Waals surface area contributed by atoms with E-state index >= 15 is 0 Å². The van der Waals surface area contributed by atoms with Crippen molar-refractivity contribution in [3.8, 4) is 0 Å². The second-order valence-corrected chi connectivity index (χ2v) is 6.70. The number of thioether (sulfide) groups is 1. The van der Waals surface area contributed by atoms with Gasteiger partial charge >= 0.3 is 0 Å². The smallest absolute Gasteiger partial charge is 0.236 e. The van der Waals surface area contributed by atoms with E-state index in [0.717, 1.165) is 18.6 Å². The maximum Gasteiger partial charge on any atom is 0.236 e. The first kappa shape index (κ1) is 14.8. The van der Waals surface area contributed by atoms with Gasteiger partial charge in [-0.05, 0) is 32.4 Å². The number of carbonyl (C=O) groups excluding carboxylic acids is 1. The molecule has 0 aromatic heterocycles. The number of ether oxygens (including phenoxy) is 1. The maximum absolute atomic E-state index is 12.0. The van der Waals surface area contributed by atoms with Gasteiger partial charge in [-0.15, -0.1) is 11.8 Å². The summed E-state index contributed by atoms with van der Waals surface area (Å²) >= 11 is 1.70. The molecule has 2 unspecified atom stereocenters. The number of hydrogen-bond donors (Lipinski definition) is 2. The molecule has 0 bridgehead atoms. The summed E-state index contributed by atoms with van der Waals surface area (Å²) in [6.45, 7) is 4.47. The predicted octanol–water partition coefficient (Wildman–Crippen LogP) is 1.18. The average molecular weight is 261 g/mol. The summed E-state index contributed by atoms with van der Waals surface area (Å²) in [7, 11) is 1.60. The fourth-order valence-electron chi connectivity index (χ4n) is 1.83. The van der Waals surface area contributed by atoms with Crippen molar-refractivity contribution in [3.63, 3.8) is 0 Å². The molecule has 4 nitrogen and oxygen atoms in total. The first-order valence-electron chi connectivity index (χ1n) is 6.03. The summed E-state index contributed by atoms with van der Waals surface area (Å²) in [5.41, 5.74) is -0.898. The van der Waals surface area contributed by atoms with E-state index in [4.69, 9.17) is 4.74 Å². The van der Waals surface area contributed by atoms with Crippen molar-refractivity contribution < 1.29 is 14.6 Å². The lowest BCUT2D eigenvalue weighted by atomic mass is 10.0. The highest BCUT2D eigenvalue weighted by Crippen LogP contribution is 2.37. The van der Waals surface area contributed by atoms with Crippen LogP contribution in [0.15, 0.2) is 0 Å². The van der Waals surface area contributed by atoms with E-state index < -0.39 is 5.60 Å². The van der Waals surface area contributed by atoms with Crippen molar-refractivity contribution in [1.82, 2.24) is 5.32 Å². The van der Waals surface area contributed by atoms with Gasteiger partial charge in [-0.1, -0.05) is 0 Å². The van der Waals surface area contributed by atoms with Gasteiger partial charge in [-0.3, -0.25) is 4.79 Å². The Kier molecular flexibility index (Phi) is 5.28. The van der Waals surface area contributed by atoms with E-state index in [1.807, 2.05) is 6.92 Å². The molecule has 2 atom stereocenters. The first-order valence-corrected chi connectivity index (χ1v) is 7.02. The minimum Gasteiger partial charge on any atom is -0.388 e. The fourth-order valence-corrected chi connectivity index (χ4v) is 3.06. The number of rotatable bonds is 6. The molecule has 1 saturated heterocycles. The predicted molar refractivity (Wildman–Crippen MR) is 70.2 cm³/mol. The molecular weight excluding hydrogens is 238 g/mol. The Morgan fingerprint density at radius 3 is 2.88 bits per heavy atom. The van der Waals surface area contributed by atoms with Crippen LogP contribution in [0.3, 0.4) is 0 Å². The molecule has 1 rings (SSSR count). The highest BCUT2D eigenvalue weighted by molar-refractivity contribution is 8.01. The van der Waals surface area contributed by atoms with Crippen molar-refractivity contribution in [1.29, 1.82) is 0 Å². The number of amides is 1. The van der Waals surface area contributed by atoms with Crippen molar-refractivity contribution in [2.24, 2.45) is 0 Å². The lowest BCUT2D eigenvalue weighted by Crippen LogP contribution is -2.47. The summed E-state index contributed by atoms with van der Waals surface area (Å²) in [4.78, 5) is 12.0. The monoisotopic (exact) mass is 261 g/mol. The lowest BCUT2D eigenvalue weighted by Gasteiger charge is -2.27. The van der Waals surface area contributed by atoms with Gasteiger partial charge in [0.1, 0.15) is 0 Å². The highest BCUT2D eigenvalue weighted by Gasteiger charge is 2.37. The van der Waals surface area contributed by atoms with Gasteiger partial charge in [0, 0.05) is 26.7 Å². The van der Waals surface area contributed by atoms with E-state index in [2.05, 4.69) is 5.32 Å². The van der Waals surface area contributed by atoms with Crippen LogP contribution in [-0.2, 0) is 9.53 Å². The molecule has 0 aliphatic carbocycles. The van der Waals surface area contributed by atoms with Crippen molar-refractivity contribution in [2.75, 3.05) is 26.0 Å². The van der Waals surface area contributed by atoms with Crippen LogP contribution in [0.25, 0.3) is 0 Å². The summed E-state index contributed by atoms with van der Waals surface area (Å²) in [6.07, 6.45) is 2.53. The molecule has 0 aromatic carbocycles. The lowest BCUT2D eigenvalue weighted by molar-refractivity contribution is -0.124. The largest absolute Gasteiger partial charge is 0.388 e. The average Bonchev–Trinajstić information content (AvgIpc) is 2.72. The number of methoxy groups -OCH3 is 1. The Bertz CT molecular complexity index is 262. The standard InChI is InChI=1S/C12H23NO3S/c1-11(15,6-7-16-3)9-13-10(14)12(2)5-4-8-17-12/h15H,4-9H2,1-3H3,(H,13,14). The van der Waals surface area contributed by atoms with Gasteiger partial charge in [0.05, 0.1) is 10.3 Å². The normalized spacial score (nSPS) is 27.8. The molecule has 1 aliphatic rings. The Labute approximate surface area is 107 Å². The molecule has 1 fully saturated rings. The van der Waals surface area contributed by atoms with Crippen molar-refractivity contribution in [3.05, 3.63) is 0 Å². The molecule has 0 spiro atoms. The van der Waals surface area contributed by atoms with Crippen LogP contribution in [0, 0.1) is 0 Å². The van der Waals surface area contributed by atoms with Crippen LogP contribution in [-0.4, -0.2) is 47.4 Å². The number of nitrogens with one attached hydrogen (secondary N) is 1. The van der Waals surface area contributed by atoms with Gasteiger partial charge in [0.15, 0.2) is 0 Å². The van der Waals surface area contributed by atoms with Crippen LogP contribution >= 0.6 is 11.8 Å². The Morgan fingerprint density at radius 1 is 1.65 bits per heavy atom. The van der Waals surface area contributed by atoms with E-state index in [1.54, 1.807) is 25.8 Å². The Balaban J connectivity index is 2.36. The van der Waals surface area contributed by atoms with Crippen LogP contribution in [0.2, 0.25) is 0 Å². The van der Waals surface area contributed by atoms with Crippen LogP contribution < -0.4 is 5.32 Å². The molecule has 0 radical (unpaired) electrons. The topological polar surface area (TPSA) is 58.6 Å². The van der Waals surface area contributed by atoms with Gasteiger partial charge < -0.3 is 15.2 Å². The highest BCUT2D eigenvalue weighted by atomic mass is 32.2. The number of aliphatic hydroxyl groups is 1. The summed E-state index contributed by atoms with van der Waals surface area (Å²) in [5, 5.41) is 12.9. The zero-order valence-electron chi connectivity index (χ0n) is 10.9. The maximum atomic E-state index is 12.0. The van der Waals surface area contributed by atoms with Gasteiger partial charge in [-0.25, -0.2) is 0 Å². The summed E-state index contributed by atoms with van der Waals surface area (Å²) < 4.78 is 4.62. The second-order valence-electron chi connectivity index (χ2n) is 5.11. The van der Waals surface area contributed by atoms with E-state index in [0.29, 0.717) is 13.0 Å². The third-order valence-corrected chi connectivity index (χ3v) is 4.69. The SMILES string of the molecule is COCCC(C)(O)CNC(=O)C1(C)CCCS1. The molecular formula is C12H23NO3S. The zero-order chi connectivity index (χ0) is 12.9. The van der Waals surface area contributed by atoms with Gasteiger partial charge in [0.25, 0.3) is 0 Å². The van der Waals surface area contributed by atoms with E-state index in [1.165, 1.54) is 0 Å². The van der Waals surface area contributed by atoms with Gasteiger partial charge in [-0.2, -0.15) is 0 Å². The van der Waals surface area contributed by atoms with E-state index in [9.17, 15) is 9.90 Å². The molecule has 0 aromatic rings. The minimum absolute atomic E-state index is 0.0395. The zero-order valence-corrected chi connectivity index (χ0v) is 11.7. The molecule has 5 heteroatoms. The Morgan fingerprint density at radius 2 is 2.35 bits per heavy atom. The molecule has 17 heavy (non-hydrogen) atoms. The van der Waals surface area contributed by atoms with Crippen LogP contribution in [0.5, 0.6) is 0 Å². The molecule has 1 amide bonds. The molecule has 1 heterocycles. The minimum atomic E-state index is -0.898. The quantitative estimate of drug-likeness (QED) is 0.754. The van der Waals surface area contributed by atoms with Crippen molar-refractivity contribution >= 4 is 17.7 Å². The first-order chi connectivity index (χ1) is 7.90. The third kappa shape index (κ3) is 4.48. The van der Waals surface area contributed by atoms with Crippen molar-refractivity contribution in [2.45, 2.75) is 43.5 Å². The second kappa shape index (κ2) is 6.07. The number of carbonyl (C=O) groups is 1.